The number of nitrogens with zero attached hydrogens (tertiary/aromatic N) is 5. The molecule has 1 aromatic carbocycles. The van der Waals surface area contributed by atoms with Crippen molar-refractivity contribution in [2.75, 3.05) is 0 Å². The Bertz CT molecular complexity index is 1040. The Hall–Kier alpha value is -2.26. The lowest BCUT2D eigenvalue weighted by Gasteiger charge is -2.06. The van der Waals surface area contributed by atoms with Crippen molar-refractivity contribution < 1.29 is 12.8 Å². The third-order valence-electron chi connectivity index (χ3n) is 4.24. The topological polar surface area (TPSA) is 104 Å². The molecular weight excluding hydrogens is 378 g/mol. The summed E-state index contributed by atoms with van der Waals surface area (Å²) in [5, 5.41) is 16.1. The van der Waals surface area contributed by atoms with Gasteiger partial charge in [0.2, 0.25) is 26.8 Å². The average Bonchev–Trinajstić information content (AvgIpc) is 3.16. The lowest BCUT2D eigenvalue weighted by Crippen LogP contribution is -2.14. The van der Waals surface area contributed by atoms with Crippen molar-refractivity contribution in [3.8, 4) is 11.5 Å². The molecular formula is C16H16ClN5O3S. The van der Waals surface area contributed by atoms with Crippen LogP contribution in [0.1, 0.15) is 31.0 Å². The third kappa shape index (κ3) is 3.24. The summed E-state index contributed by atoms with van der Waals surface area (Å²) in [6.07, 6.45) is 3.68. The van der Waals surface area contributed by atoms with E-state index in [4.69, 9.17) is 16.0 Å². The molecule has 2 aromatic heterocycles. The maximum Gasteiger partial charge on any atom is 0.250 e. The van der Waals surface area contributed by atoms with Crippen LogP contribution in [0.25, 0.3) is 11.5 Å². The lowest BCUT2D eigenvalue weighted by molar-refractivity contribution is 0.510. The smallest absolute Gasteiger partial charge is 0.250 e. The molecule has 3 heterocycles. The number of sulfone groups is 1. The molecule has 0 aliphatic carbocycles. The van der Waals surface area contributed by atoms with Gasteiger partial charge in [-0.3, -0.25) is 0 Å². The van der Waals surface area contributed by atoms with Crippen molar-refractivity contribution >= 4 is 21.4 Å². The molecule has 8 nitrogen and oxygen atoms in total. The third-order valence-corrected chi connectivity index (χ3v) is 6.05. The lowest BCUT2D eigenvalue weighted by atomic mass is 10.2. The van der Waals surface area contributed by atoms with E-state index in [9.17, 15) is 8.42 Å². The maximum absolute atomic E-state index is 12.8. The van der Waals surface area contributed by atoms with Gasteiger partial charge in [-0.05, 0) is 25.0 Å². The number of hydrogen-bond donors (Lipinski definition) is 0. The van der Waals surface area contributed by atoms with Crippen molar-refractivity contribution in [2.24, 2.45) is 0 Å². The van der Waals surface area contributed by atoms with E-state index in [1.165, 1.54) is 0 Å². The van der Waals surface area contributed by atoms with E-state index in [2.05, 4.69) is 20.4 Å². The van der Waals surface area contributed by atoms with Gasteiger partial charge < -0.3 is 8.98 Å². The highest BCUT2D eigenvalue weighted by Gasteiger charge is 2.28. The predicted molar refractivity (Wildman–Crippen MR) is 93.2 cm³/mol. The number of aryl methyl sites for hydroxylation is 1. The van der Waals surface area contributed by atoms with Gasteiger partial charge in [0.25, 0.3) is 0 Å². The fraction of sp³-hybridized carbons (Fsp3) is 0.375. The SMILES string of the molecule is O=S(=O)(Cc1nnc(-c2ccccc2Cl)o1)c1nnc2n1CCCCC2. The number of halogens is 1. The summed E-state index contributed by atoms with van der Waals surface area (Å²) in [7, 11) is -3.75. The standard InChI is InChI=1S/C16H16ClN5O3S/c17-12-7-4-3-6-11(12)15-20-19-14(25-15)10-26(23,24)16-21-18-13-8-2-1-5-9-22(13)16/h3-4,6-7H,1-2,5,8-10H2. The quantitative estimate of drug-likeness (QED) is 0.671. The van der Waals surface area contributed by atoms with Crippen LogP contribution in [0, 0.1) is 0 Å². The van der Waals surface area contributed by atoms with Gasteiger partial charge in [-0.15, -0.1) is 20.4 Å². The zero-order valence-corrected chi connectivity index (χ0v) is 15.4. The molecule has 10 heteroatoms. The summed E-state index contributed by atoms with van der Waals surface area (Å²) in [4.78, 5) is 0. The molecule has 0 spiro atoms. The van der Waals surface area contributed by atoms with Crippen molar-refractivity contribution in [2.45, 2.75) is 43.1 Å². The Morgan fingerprint density at radius 3 is 2.77 bits per heavy atom. The fourth-order valence-electron chi connectivity index (χ4n) is 2.97. The van der Waals surface area contributed by atoms with Crippen molar-refractivity contribution in [3.63, 3.8) is 0 Å². The number of hydrogen-bond acceptors (Lipinski definition) is 7. The zero-order chi connectivity index (χ0) is 18.1. The van der Waals surface area contributed by atoms with Gasteiger partial charge in [0.15, 0.2) is 0 Å². The highest BCUT2D eigenvalue weighted by molar-refractivity contribution is 7.90. The first-order chi connectivity index (χ1) is 12.5. The molecule has 0 saturated carbocycles. The van der Waals surface area contributed by atoms with Gasteiger partial charge in [0, 0.05) is 13.0 Å². The summed E-state index contributed by atoms with van der Waals surface area (Å²) in [6.45, 7) is 0.603. The number of aromatic nitrogens is 5. The molecule has 0 N–H and O–H groups in total. The van der Waals surface area contributed by atoms with Crippen molar-refractivity contribution in [1.82, 2.24) is 25.0 Å². The van der Waals surface area contributed by atoms with Crippen LogP contribution in [-0.4, -0.2) is 33.4 Å². The molecule has 0 radical (unpaired) electrons. The Morgan fingerprint density at radius 2 is 1.92 bits per heavy atom. The average molecular weight is 394 g/mol. The second-order valence-corrected chi connectivity index (χ2v) is 8.39. The highest BCUT2D eigenvalue weighted by Crippen LogP contribution is 2.27. The second kappa shape index (κ2) is 6.81. The molecule has 1 aliphatic heterocycles. The van der Waals surface area contributed by atoms with Gasteiger partial charge >= 0.3 is 0 Å². The van der Waals surface area contributed by atoms with Crippen LogP contribution in [0.3, 0.4) is 0 Å². The molecule has 0 fully saturated rings. The minimum absolute atomic E-state index is 0.00843. The summed E-state index contributed by atoms with van der Waals surface area (Å²) >= 11 is 6.11. The number of benzene rings is 1. The van der Waals surface area contributed by atoms with Crippen LogP contribution in [0.15, 0.2) is 33.8 Å². The minimum Gasteiger partial charge on any atom is -0.420 e. The van der Waals surface area contributed by atoms with E-state index < -0.39 is 15.6 Å². The molecule has 0 unspecified atom stereocenters. The van der Waals surface area contributed by atoms with E-state index in [1.54, 1.807) is 28.8 Å². The summed E-state index contributed by atoms with van der Waals surface area (Å²) in [5.41, 5.74) is 0.557. The van der Waals surface area contributed by atoms with E-state index in [0.29, 0.717) is 23.0 Å². The van der Waals surface area contributed by atoms with Crippen LogP contribution in [0.4, 0.5) is 0 Å². The second-order valence-electron chi connectivity index (χ2n) is 6.10. The summed E-state index contributed by atoms with van der Waals surface area (Å²) < 4.78 is 32.8. The molecule has 136 valence electrons. The Balaban J connectivity index is 1.62. The van der Waals surface area contributed by atoms with E-state index in [-0.39, 0.29) is 16.9 Å². The van der Waals surface area contributed by atoms with Crippen LogP contribution < -0.4 is 0 Å². The first-order valence-electron chi connectivity index (χ1n) is 8.27. The van der Waals surface area contributed by atoms with Crippen molar-refractivity contribution in [1.29, 1.82) is 0 Å². The van der Waals surface area contributed by atoms with Crippen LogP contribution in [0.2, 0.25) is 5.02 Å². The van der Waals surface area contributed by atoms with E-state index >= 15 is 0 Å². The van der Waals surface area contributed by atoms with Gasteiger partial charge in [-0.2, -0.15) is 0 Å². The first kappa shape index (κ1) is 17.2. The Morgan fingerprint density at radius 1 is 1.08 bits per heavy atom. The summed E-state index contributed by atoms with van der Waals surface area (Å²) in [5.74, 6) is 0.456. The molecule has 0 saturated heterocycles. The summed E-state index contributed by atoms with van der Waals surface area (Å²) in [6, 6.07) is 6.99. The zero-order valence-electron chi connectivity index (χ0n) is 13.8. The first-order valence-corrected chi connectivity index (χ1v) is 10.3. The largest absolute Gasteiger partial charge is 0.420 e. The van der Waals surface area contributed by atoms with E-state index in [0.717, 1.165) is 25.7 Å². The van der Waals surface area contributed by atoms with Gasteiger partial charge in [-0.1, -0.05) is 30.2 Å². The molecule has 3 aromatic rings. The molecule has 26 heavy (non-hydrogen) atoms. The predicted octanol–water partition coefficient (Wildman–Crippen LogP) is 2.68. The van der Waals surface area contributed by atoms with Gasteiger partial charge in [0.05, 0.1) is 10.6 Å². The molecule has 4 rings (SSSR count). The molecule has 1 aliphatic rings. The number of fused-ring (bicyclic) bond motifs is 1. The van der Waals surface area contributed by atoms with Gasteiger partial charge in [-0.25, -0.2) is 8.42 Å². The number of rotatable bonds is 4. The fourth-order valence-corrected chi connectivity index (χ4v) is 4.46. The molecule has 0 atom stereocenters. The van der Waals surface area contributed by atoms with Crippen LogP contribution in [-0.2, 0) is 28.6 Å². The monoisotopic (exact) mass is 393 g/mol. The van der Waals surface area contributed by atoms with Crippen LogP contribution >= 0.6 is 11.6 Å². The Labute approximate surface area is 155 Å². The van der Waals surface area contributed by atoms with Crippen molar-refractivity contribution in [3.05, 3.63) is 41.0 Å². The normalized spacial score (nSPS) is 14.8. The minimum atomic E-state index is -3.75. The van der Waals surface area contributed by atoms with Crippen LogP contribution in [0.5, 0.6) is 0 Å². The van der Waals surface area contributed by atoms with Gasteiger partial charge in [0.1, 0.15) is 11.6 Å². The maximum atomic E-state index is 12.8. The molecule has 0 amide bonds. The molecule has 0 bridgehead atoms. The van der Waals surface area contributed by atoms with E-state index in [1.807, 2.05) is 0 Å². The Kier molecular flexibility index (Phi) is 4.49. The highest BCUT2D eigenvalue weighted by atomic mass is 35.5.